The van der Waals surface area contributed by atoms with Gasteiger partial charge in [-0.05, 0) is 32.0 Å². The highest BCUT2D eigenvalue weighted by molar-refractivity contribution is 9.10. The van der Waals surface area contributed by atoms with E-state index in [1.165, 1.54) is 6.07 Å². The predicted octanol–water partition coefficient (Wildman–Crippen LogP) is 1.98. The number of phenolic OH excluding ortho intramolecular Hbond substituents is 1. The molecule has 0 bridgehead atoms. The van der Waals surface area contributed by atoms with Crippen molar-refractivity contribution in [1.29, 1.82) is 0 Å². The molecule has 1 aliphatic heterocycles. The van der Waals surface area contributed by atoms with Gasteiger partial charge in [0.2, 0.25) is 0 Å². The summed E-state index contributed by atoms with van der Waals surface area (Å²) in [5.74, 6) is -0.0866. The van der Waals surface area contributed by atoms with Gasteiger partial charge in [0.15, 0.2) is 0 Å². The molecular weight excluding hydrogens is 296 g/mol. The molecule has 1 aromatic carbocycles. The van der Waals surface area contributed by atoms with Crippen molar-refractivity contribution in [2.24, 2.45) is 0 Å². The Morgan fingerprint density at radius 3 is 2.61 bits per heavy atom. The van der Waals surface area contributed by atoms with Crippen molar-refractivity contribution in [1.82, 2.24) is 10.2 Å². The molecule has 2 atom stereocenters. The Hall–Kier alpha value is -1.07. The second kappa shape index (κ2) is 5.28. The van der Waals surface area contributed by atoms with Gasteiger partial charge in [-0.1, -0.05) is 15.9 Å². The summed E-state index contributed by atoms with van der Waals surface area (Å²) in [7, 11) is 0. The van der Waals surface area contributed by atoms with Crippen molar-refractivity contribution in [3.05, 3.63) is 28.2 Å². The van der Waals surface area contributed by atoms with Crippen molar-refractivity contribution >= 4 is 21.8 Å². The minimum absolute atomic E-state index is 0.0288. The van der Waals surface area contributed by atoms with E-state index in [1.54, 1.807) is 12.1 Å². The standard InChI is InChI=1S/C13H17BrN2O2/c1-8-6-15-7-9(2)16(8)13(18)11-5-10(14)3-4-12(11)17/h3-5,8-9,15,17H,6-7H2,1-2H3. The van der Waals surface area contributed by atoms with Crippen LogP contribution < -0.4 is 5.32 Å². The molecule has 2 rings (SSSR count). The molecule has 4 nitrogen and oxygen atoms in total. The van der Waals surface area contributed by atoms with Gasteiger partial charge in [-0.15, -0.1) is 0 Å². The van der Waals surface area contributed by atoms with E-state index in [9.17, 15) is 9.90 Å². The molecule has 1 heterocycles. The van der Waals surface area contributed by atoms with Crippen LogP contribution >= 0.6 is 15.9 Å². The van der Waals surface area contributed by atoms with Crippen molar-refractivity contribution < 1.29 is 9.90 Å². The van der Waals surface area contributed by atoms with Crippen LogP contribution in [0.4, 0.5) is 0 Å². The number of carbonyl (C=O) groups is 1. The van der Waals surface area contributed by atoms with E-state index < -0.39 is 0 Å². The smallest absolute Gasteiger partial charge is 0.258 e. The van der Waals surface area contributed by atoms with Gasteiger partial charge in [0.05, 0.1) is 5.56 Å². The van der Waals surface area contributed by atoms with Gasteiger partial charge in [0.1, 0.15) is 5.75 Å². The Labute approximate surface area is 115 Å². The Bertz CT molecular complexity index is 454. The number of benzene rings is 1. The molecule has 0 aliphatic carbocycles. The van der Waals surface area contributed by atoms with E-state index in [1.807, 2.05) is 18.7 Å². The molecule has 18 heavy (non-hydrogen) atoms. The topological polar surface area (TPSA) is 52.6 Å². The highest BCUT2D eigenvalue weighted by atomic mass is 79.9. The molecule has 1 aliphatic rings. The third kappa shape index (κ3) is 2.52. The Balaban J connectivity index is 2.32. The zero-order valence-electron chi connectivity index (χ0n) is 10.5. The molecular formula is C13H17BrN2O2. The molecule has 2 N–H and O–H groups in total. The van der Waals surface area contributed by atoms with E-state index >= 15 is 0 Å². The maximum absolute atomic E-state index is 12.5. The van der Waals surface area contributed by atoms with Crippen molar-refractivity contribution in [2.75, 3.05) is 13.1 Å². The predicted molar refractivity (Wildman–Crippen MR) is 73.8 cm³/mol. The number of halogens is 1. The molecule has 1 aromatic rings. The van der Waals surface area contributed by atoms with Crippen LogP contribution in [0.25, 0.3) is 0 Å². The lowest BCUT2D eigenvalue weighted by Crippen LogP contribution is -2.57. The first-order valence-corrected chi connectivity index (χ1v) is 6.82. The van der Waals surface area contributed by atoms with Crippen LogP contribution in [-0.2, 0) is 0 Å². The summed E-state index contributed by atoms with van der Waals surface area (Å²) in [5, 5.41) is 13.1. The fourth-order valence-corrected chi connectivity index (χ4v) is 2.71. The number of rotatable bonds is 1. The summed E-state index contributed by atoms with van der Waals surface area (Å²) in [6.45, 7) is 5.58. The summed E-state index contributed by atoms with van der Waals surface area (Å²) in [6, 6.07) is 5.17. The molecule has 98 valence electrons. The van der Waals surface area contributed by atoms with Crippen LogP contribution in [0, 0.1) is 0 Å². The highest BCUT2D eigenvalue weighted by Crippen LogP contribution is 2.25. The molecule has 0 aromatic heterocycles. The summed E-state index contributed by atoms with van der Waals surface area (Å²) in [6.07, 6.45) is 0. The number of nitrogens with one attached hydrogen (secondary N) is 1. The summed E-state index contributed by atoms with van der Waals surface area (Å²) >= 11 is 3.32. The van der Waals surface area contributed by atoms with Gasteiger partial charge in [-0.2, -0.15) is 0 Å². The second-order valence-electron chi connectivity index (χ2n) is 4.73. The molecule has 5 heteroatoms. The summed E-state index contributed by atoms with van der Waals surface area (Å²) in [5.41, 5.74) is 0.352. The Kier molecular flexibility index (Phi) is 3.92. The maximum atomic E-state index is 12.5. The molecule has 1 saturated heterocycles. The third-order valence-corrected chi connectivity index (χ3v) is 3.75. The molecule has 0 spiro atoms. The zero-order valence-corrected chi connectivity index (χ0v) is 12.1. The van der Waals surface area contributed by atoms with Crippen molar-refractivity contribution in [3.63, 3.8) is 0 Å². The lowest BCUT2D eigenvalue weighted by atomic mass is 10.1. The van der Waals surface area contributed by atoms with Gasteiger partial charge in [-0.3, -0.25) is 4.79 Å². The molecule has 0 saturated carbocycles. The van der Waals surface area contributed by atoms with E-state index in [0.29, 0.717) is 5.56 Å². The minimum atomic E-state index is -0.115. The number of aromatic hydroxyl groups is 1. The zero-order chi connectivity index (χ0) is 13.3. The first-order valence-electron chi connectivity index (χ1n) is 6.02. The van der Waals surface area contributed by atoms with Gasteiger partial charge in [0.25, 0.3) is 5.91 Å². The van der Waals surface area contributed by atoms with Gasteiger partial charge >= 0.3 is 0 Å². The first kappa shape index (κ1) is 13.4. The lowest BCUT2D eigenvalue weighted by Gasteiger charge is -2.39. The van der Waals surface area contributed by atoms with Crippen LogP contribution in [0.15, 0.2) is 22.7 Å². The largest absolute Gasteiger partial charge is 0.507 e. The number of piperazine rings is 1. The first-order chi connectivity index (χ1) is 8.50. The summed E-state index contributed by atoms with van der Waals surface area (Å²) < 4.78 is 0.791. The van der Waals surface area contributed by atoms with Crippen LogP contribution in [0.5, 0.6) is 5.75 Å². The van der Waals surface area contributed by atoms with Crippen LogP contribution in [0.1, 0.15) is 24.2 Å². The lowest BCUT2D eigenvalue weighted by molar-refractivity contribution is 0.0541. The molecule has 1 amide bonds. The SMILES string of the molecule is CC1CNCC(C)N1C(=O)c1cc(Br)ccc1O. The van der Waals surface area contributed by atoms with Gasteiger partial charge in [-0.25, -0.2) is 0 Å². The second-order valence-corrected chi connectivity index (χ2v) is 5.65. The number of hydrogen-bond acceptors (Lipinski definition) is 3. The molecule has 0 radical (unpaired) electrons. The van der Waals surface area contributed by atoms with Crippen LogP contribution in [0.2, 0.25) is 0 Å². The normalized spacial score (nSPS) is 24.1. The molecule has 2 unspecified atom stereocenters. The fourth-order valence-electron chi connectivity index (χ4n) is 2.35. The average molecular weight is 313 g/mol. The fraction of sp³-hybridized carbons (Fsp3) is 0.462. The van der Waals surface area contributed by atoms with Crippen molar-refractivity contribution in [3.8, 4) is 5.75 Å². The number of amides is 1. The number of carbonyl (C=O) groups excluding carboxylic acids is 1. The van der Waals surface area contributed by atoms with E-state index in [0.717, 1.165) is 17.6 Å². The van der Waals surface area contributed by atoms with E-state index in [4.69, 9.17) is 0 Å². The monoisotopic (exact) mass is 312 g/mol. The van der Waals surface area contributed by atoms with Crippen LogP contribution in [-0.4, -0.2) is 41.1 Å². The van der Waals surface area contributed by atoms with Gasteiger partial charge < -0.3 is 15.3 Å². The third-order valence-electron chi connectivity index (χ3n) is 3.25. The quantitative estimate of drug-likeness (QED) is 0.833. The maximum Gasteiger partial charge on any atom is 0.258 e. The molecule has 1 fully saturated rings. The number of hydrogen-bond donors (Lipinski definition) is 2. The van der Waals surface area contributed by atoms with E-state index in [2.05, 4.69) is 21.2 Å². The summed E-state index contributed by atoms with van der Waals surface area (Å²) in [4.78, 5) is 14.3. The average Bonchev–Trinajstić information content (AvgIpc) is 2.32. The van der Waals surface area contributed by atoms with E-state index in [-0.39, 0.29) is 23.7 Å². The minimum Gasteiger partial charge on any atom is -0.507 e. The number of phenols is 1. The Morgan fingerprint density at radius 1 is 1.39 bits per heavy atom. The van der Waals surface area contributed by atoms with Crippen LogP contribution in [0.3, 0.4) is 0 Å². The Morgan fingerprint density at radius 2 is 2.00 bits per heavy atom. The highest BCUT2D eigenvalue weighted by Gasteiger charge is 2.30. The number of nitrogens with zero attached hydrogens (tertiary/aromatic N) is 1. The van der Waals surface area contributed by atoms with Crippen molar-refractivity contribution in [2.45, 2.75) is 25.9 Å². The van der Waals surface area contributed by atoms with Gasteiger partial charge in [0, 0.05) is 29.6 Å².